The normalized spacial score (nSPS) is 22.5. The second kappa shape index (κ2) is 5.98. The molecule has 2 atom stereocenters. The molecular formula is C15H22FN3O3. The van der Waals surface area contributed by atoms with E-state index < -0.39 is 29.5 Å². The maximum absolute atomic E-state index is 14.4. The Morgan fingerprint density at radius 3 is 2.73 bits per heavy atom. The van der Waals surface area contributed by atoms with E-state index in [9.17, 15) is 14.0 Å². The predicted octanol–water partition coefficient (Wildman–Crippen LogP) is 1.95. The van der Waals surface area contributed by atoms with Crippen LogP contribution in [0.15, 0.2) is 23.1 Å². The highest BCUT2D eigenvalue weighted by atomic mass is 19.1. The zero-order valence-corrected chi connectivity index (χ0v) is 13.1. The lowest BCUT2D eigenvalue weighted by Crippen LogP contribution is -2.48. The number of ether oxygens (including phenoxy) is 1. The van der Waals surface area contributed by atoms with E-state index in [1.54, 1.807) is 26.8 Å². The molecule has 1 aromatic rings. The third kappa shape index (κ3) is 3.58. The molecule has 1 saturated heterocycles. The molecule has 1 amide bonds. The number of nitrogen functional groups attached to an aromatic ring is 1. The van der Waals surface area contributed by atoms with Crippen LogP contribution in [0.4, 0.5) is 14.9 Å². The molecule has 2 rings (SSSR count). The molecule has 1 aromatic heterocycles. The fourth-order valence-electron chi connectivity index (χ4n) is 2.49. The van der Waals surface area contributed by atoms with Crippen LogP contribution in [0.2, 0.25) is 0 Å². The highest BCUT2D eigenvalue weighted by Gasteiger charge is 2.34. The predicted molar refractivity (Wildman–Crippen MR) is 81.5 cm³/mol. The summed E-state index contributed by atoms with van der Waals surface area (Å²) in [5, 5.41) is 0. The number of amides is 1. The van der Waals surface area contributed by atoms with Crippen molar-refractivity contribution in [2.45, 2.75) is 45.0 Å². The number of carbonyl (C=O) groups is 1. The summed E-state index contributed by atoms with van der Waals surface area (Å²) in [5.74, 6) is 0. The molecule has 0 aliphatic carbocycles. The van der Waals surface area contributed by atoms with Crippen molar-refractivity contribution >= 4 is 11.8 Å². The standard InChI is InChI=1S/C15H22FN3O3/c1-15(2,3)22-14(21)18-8-6-12(10(16)9-18)19-7-4-5-11(17)13(19)20/h4-5,7,10,12H,6,8-9,17H2,1-3H3/t10-,12-/m1/s1. The number of likely N-dealkylation sites (tertiary alicyclic amines) is 1. The molecule has 0 radical (unpaired) electrons. The summed E-state index contributed by atoms with van der Waals surface area (Å²) in [6, 6.07) is 2.49. The van der Waals surface area contributed by atoms with E-state index in [2.05, 4.69) is 0 Å². The maximum Gasteiger partial charge on any atom is 0.410 e. The molecule has 2 heterocycles. The first kappa shape index (κ1) is 16.3. The van der Waals surface area contributed by atoms with Crippen LogP contribution in [0.1, 0.15) is 33.2 Å². The second-order valence-corrected chi connectivity index (χ2v) is 6.47. The van der Waals surface area contributed by atoms with E-state index in [0.29, 0.717) is 13.0 Å². The van der Waals surface area contributed by atoms with E-state index in [1.165, 1.54) is 21.7 Å². The first-order valence-electron chi connectivity index (χ1n) is 7.27. The van der Waals surface area contributed by atoms with Gasteiger partial charge in [0, 0.05) is 12.7 Å². The Bertz CT molecular complexity index is 609. The van der Waals surface area contributed by atoms with Crippen LogP contribution in [0.3, 0.4) is 0 Å². The summed E-state index contributed by atoms with van der Waals surface area (Å²) in [5.41, 5.74) is 4.64. The zero-order chi connectivity index (χ0) is 16.5. The number of nitrogens with two attached hydrogens (primary N) is 1. The molecule has 6 nitrogen and oxygen atoms in total. The number of anilines is 1. The lowest BCUT2D eigenvalue weighted by molar-refractivity contribution is 0.00650. The van der Waals surface area contributed by atoms with Gasteiger partial charge >= 0.3 is 6.09 Å². The summed E-state index contributed by atoms with van der Waals surface area (Å²) in [6.07, 6.45) is -0.0164. The average Bonchev–Trinajstić information content (AvgIpc) is 2.40. The number of nitrogens with zero attached hydrogens (tertiary/aromatic N) is 2. The number of hydrogen-bond acceptors (Lipinski definition) is 4. The molecule has 0 unspecified atom stereocenters. The van der Waals surface area contributed by atoms with E-state index in [1.807, 2.05) is 0 Å². The number of rotatable bonds is 1. The minimum atomic E-state index is -1.35. The Morgan fingerprint density at radius 2 is 2.14 bits per heavy atom. The second-order valence-electron chi connectivity index (χ2n) is 6.47. The topological polar surface area (TPSA) is 77.6 Å². The van der Waals surface area contributed by atoms with Crippen molar-refractivity contribution in [3.05, 3.63) is 28.7 Å². The average molecular weight is 311 g/mol. The van der Waals surface area contributed by atoms with Crippen molar-refractivity contribution in [3.8, 4) is 0 Å². The van der Waals surface area contributed by atoms with E-state index in [4.69, 9.17) is 10.5 Å². The zero-order valence-electron chi connectivity index (χ0n) is 13.1. The van der Waals surface area contributed by atoms with Crippen molar-refractivity contribution in [1.29, 1.82) is 0 Å². The van der Waals surface area contributed by atoms with Gasteiger partial charge in [-0.1, -0.05) is 0 Å². The van der Waals surface area contributed by atoms with E-state index in [0.717, 1.165) is 0 Å². The van der Waals surface area contributed by atoms with Crippen molar-refractivity contribution in [2.24, 2.45) is 0 Å². The number of halogens is 1. The molecule has 7 heteroatoms. The molecule has 1 aliphatic rings. The SMILES string of the molecule is CC(C)(C)OC(=O)N1CC[C@@H](n2cccc(N)c2=O)[C@H](F)C1. The number of aromatic nitrogens is 1. The van der Waals surface area contributed by atoms with Gasteiger partial charge in [0.05, 0.1) is 18.3 Å². The number of hydrogen-bond donors (Lipinski definition) is 1. The summed E-state index contributed by atoms with van der Waals surface area (Å²) in [4.78, 5) is 25.3. The monoisotopic (exact) mass is 311 g/mol. The lowest BCUT2D eigenvalue weighted by Gasteiger charge is -2.36. The molecule has 122 valence electrons. The summed E-state index contributed by atoms with van der Waals surface area (Å²) in [6.45, 7) is 5.52. The van der Waals surface area contributed by atoms with Crippen LogP contribution < -0.4 is 11.3 Å². The summed E-state index contributed by atoms with van der Waals surface area (Å²) in [7, 11) is 0. The number of alkyl halides is 1. The third-order valence-electron chi connectivity index (χ3n) is 3.52. The van der Waals surface area contributed by atoms with Gasteiger partial charge in [-0.3, -0.25) is 4.79 Å². The Morgan fingerprint density at radius 1 is 1.45 bits per heavy atom. The fourth-order valence-corrected chi connectivity index (χ4v) is 2.49. The van der Waals surface area contributed by atoms with Crippen LogP contribution >= 0.6 is 0 Å². The largest absolute Gasteiger partial charge is 0.444 e. The van der Waals surface area contributed by atoms with Crippen LogP contribution in [0.5, 0.6) is 0 Å². The van der Waals surface area contributed by atoms with Crippen LogP contribution in [0.25, 0.3) is 0 Å². The molecule has 2 N–H and O–H groups in total. The van der Waals surface area contributed by atoms with Crippen LogP contribution in [-0.4, -0.2) is 40.4 Å². The quantitative estimate of drug-likeness (QED) is 0.860. The Hall–Kier alpha value is -2.05. The Balaban J connectivity index is 2.09. The van der Waals surface area contributed by atoms with Crippen molar-refractivity contribution in [2.75, 3.05) is 18.8 Å². The smallest absolute Gasteiger partial charge is 0.410 e. The first-order valence-corrected chi connectivity index (χ1v) is 7.27. The minimum Gasteiger partial charge on any atom is -0.444 e. The molecule has 0 saturated carbocycles. The summed E-state index contributed by atoms with van der Waals surface area (Å²) < 4.78 is 21.0. The lowest BCUT2D eigenvalue weighted by atomic mass is 10.0. The highest BCUT2D eigenvalue weighted by Crippen LogP contribution is 2.25. The van der Waals surface area contributed by atoms with E-state index >= 15 is 0 Å². The fraction of sp³-hybridized carbons (Fsp3) is 0.600. The third-order valence-corrected chi connectivity index (χ3v) is 3.52. The summed E-state index contributed by atoms with van der Waals surface area (Å²) >= 11 is 0. The molecule has 0 spiro atoms. The highest BCUT2D eigenvalue weighted by molar-refractivity contribution is 5.68. The van der Waals surface area contributed by atoms with Gasteiger partial charge in [-0.05, 0) is 39.3 Å². The molecule has 22 heavy (non-hydrogen) atoms. The van der Waals surface area contributed by atoms with Gasteiger partial charge in [0.25, 0.3) is 5.56 Å². The van der Waals surface area contributed by atoms with Gasteiger partial charge in [0.1, 0.15) is 11.8 Å². The minimum absolute atomic E-state index is 0.0873. The maximum atomic E-state index is 14.4. The van der Waals surface area contributed by atoms with Crippen LogP contribution in [0, 0.1) is 0 Å². The van der Waals surface area contributed by atoms with Crippen molar-refractivity contribution < 1.29 is 13.9 Å². The van der Waals surface area contributed by atoms with Gasteiger partial charge in [0.15, 0.2) is 0 Å². The number of pyridine rings is 1. The van der Waals surface area contributed by atoms with Crippen molar-refractivity contribution in [1.82, 2.24) is 9.47 Å². The molecule has 0 aromatic carbocycles. The van der Waals surface area contributed by atoms with Gasteiger partial charge in [-0.25, -0.2) is 9.18 Å². The van der Waals surface area contributed by atoms with Gasteiger partial charge in [-0.2, -0.15) is 0 Å². The Labute approximate surface area is 128 Å². The van der Waals surface area contributed by atoms with Crippen molar-refractivity contribution in [3.63, 3.8) is 0 Å². The number of carbonyl (C=O) groups excluding carboxylic acids is 1. The van der Waals surface area contributed by atoms with E-state index in [-0.39, 0.29) is 12.2 Å². The molecule has 0 bridgehead atoms. The first-order chi connectivity index (χ1) is 10.2. The molecule has 1 fully saturated rings. The van der Waals surface area contributed by atoms with Gasteiger partial charge in [0.2, 0.25) is 0 Å². The van der Waals surface area contributed by atoms with Gasteiger partial charge < -0.3 is 19.9 Å². The van der Waals surface area contributed by atoms with Crippen LogP contribution in [-0.2, 0) is 4.74 Å². The van der Waals surface area contributed by atoms with Gasteiger partial charge in [-0.15, -0.1) is 0 Å². The molecular weight excluding hydrogens is 289 g/mol. The Kier molecular flexibility index (Phi) is 4.44. The number of piperidine rings is 1. The molecule has 1 aliphatic heterocycles.